The Hall–Kier alpha value is -5.80. The first-order valence-electron chi connectivity index (χ1n) is 24.2. The highest BCUT2D eigenvalue weighted by atomic mass is 15.2. The van der Waals surface area contributed by atoms with Crippen molar-refractivity contribution in [3.05, 3.63) is 173 Å². The Balaban J connectivity index is 1.27. The first kappa shape index (κ1) is 35.8. The molecule has 11 rings (SSSR count). The van der Waals surface area contributed by atoms with Crippen LogP contribution in [0.5, 0.6) is 0 Å². The van der Waals surface area contributed by atoms with E-state index in [4.69, 9.17) is 4.11 Å². The molecular formula is C59H59BN2. The first-order chi connectivity index (χ1) is 30.7. The molecule has 0 fully saturated rings. The van der Waals surface area contributed by atoms with Gasteiger partial charge in [0.1, 0.15) is 0 Å². The van der Waals surface area contributed by atoms with Crippen LogP contribution in [0.15, 0.2) is 140 Å². The lowest BCUT2D eigenvalue weighted by molar-refractivity contribution is 0.332. The second-order valence-electron chi connectivity index (χ2n) is 21.4. The number of hydrogen-bond donors (Lipinski definition) is 0. The molecule has 0 aromatic heterocycles. The molecule has 0 spiro atoms. The van der Waals surface area contributed by atoms with E-state index in [2.05, 4.69) is 200 Å². The third kappa shape index (κ3) is 5.83. The third-order valence-corrected chi connectivity index (χ3v) is 15.3. The summed E-state index contributed by atoms with van der Waals surface area (Å²) in [7, 11) is 0. The van der Waals surface area contributed by atoms with Crippen LogP contribution in [0.3, 0.4) is 0 Å². The normalized spacial score (nSPS) is 19.0. The van der Waals surface area contributed by atoms with Crippen molar-refractivity contribution in [1.82, 2.24) is 0 Å². The molecule has 4 aliphatic rings. The fourth-order valence-corrected chi connectivity index (χ4v) is 12.2. The van der Waals surface area contributed by atoms with Crippen molar-refractivity contribution in [3.8, 4) is 22.3 Å². The topological polar surface area (TPSA) is 6.48 Å². The van der Waals surface area contributed by atoms with Crippen molar-refractivity contribution in [3.63, 3.8) is 0 Å². The summed E-state index contributed by atoms with van der Waals surface area (Å²) in [5.41, 5.74) is 21.4. The first-order valence-corrected chi connectivity index (χ1v) is 22.7. The molecule has 2 aliphatic heterocycles. The smallest absolute Gasteiger partial charge is 0.252 e. The minimum absolute atomic E-state index is 0.0195. The number of benzene rings is 7. The van der Waals surface area contributed by atoms with E-state index in [1.54, 1.807) is 0 Å². The zero-order chi connectivity index (χ0) is 45.6. The molecule has 62 heavy (non-hydrogen) atoms. The predicted octanol–water partition coefficient (Wildman–Crippen LogP) is 14.0. The van der Waals surface area contributed by atoms with Gasteiger partial charge in [-0.25, -0.2) is 0 Å². The van der Waals surface area contributed by atoms with E-state index in [9.17, 15) is 0 Å². The van der Waals surface area contributed by atoms with Crippen LogP contribution in [0.25, 0.3) is 22.3 Å². The zero-order valence-electron chi connectivity index (χ0n) is 40.9. The molecule has 0 atom stereocenters. The van der Waals surface area contributed by atoms with Crippen LogP contribution in [0, 0.1) is 13.8 Å². The van der Waals surface area contributed by atoms with Gasteiger partial charge in [-0.3, -0.25) is 0 Å². The molecule has 0 bridgehead atoms. The molecule has 0 saturated heterocycles. The van der Waals surface area contributed by atoms with Gasteiger partial charge < -0.3 is 9.80 Å². The van der Waals surface area contributed by atoms with Crippen LogP contribution in [0.4, 0.5) is 34.1 Å². The van der Waals surface area contributed by atoms with Gasteiger partial charge in [0.15, 0.2) is 0 Å². The largest absolute Gasteiger partial charge is 0.311 e. The van der Waals surface area contributed by atoms with Gasteiger partial charge in [-0.15, -0.1) is 0 Å². The minimum atomic E-state index is -2.36. The Morgan fingerprint density at radius 3 is 1.63 bits per heavy atom. The number of nitrogens with zero attached hydrogens (tertiary/aromatic N) is 2. The Labute approximate surface area is 375 Å². The van der Waals surface area contributed by atoms with E-state index in [1.807, 2.05) is 12.1 Å². The van der Waals surface area contributed by atoms with Crippen LogP contribution in [-0.4, -0.2) is 6.71 Å². The molecule has 0 radical (unpaired) electrons. The molecule has 0 amide bonds. The Morgan fingerprint density at radius 1 is 0.452 bits per heavy atom. The average molecular weight is 810 g/mol. The van der Waals surface area contributed by atoms with Crippen molar-refractivity contribution in [1.29, 1.82) is 0 Å². The lowest BCUT2D eigenvalue weighted by atomic mass is 9.33. The standard InChI is InChI=1S/C59H59BN2/c1-37-28-53-55-54(29-37)62(50-34-46-44(30-38(50)2)56(3,4)26-27-57(46,5)6)52-35-47-45(58(7,8)36-59(47,9)10)33-49(52)60(55)48-25-24-42(40-20-15-12-16-21-40)32-51(48)61(53)43-23-17-22-41(31-43)39-18-13-11-14-19-39/h11-25,28-35H,26-27,36H2,1-10H3/i1D3. The van der Waals surface area contributed by atoms with Crippen LogP contribution >= 0.6 is 0 Å². The summed E-state index contributed by atoms with van der Waals surface area (Å²) in [5, 5.41) is 0. The SMILES string of the molecule is [2H]C([2H])([2H])c1cc2c3c(c1)N(c1cc4c(cc1C)C(C)(C)CCC4(C)C)c1cc4c(cc1B3c1ccc(-c3ccccc3)cc1N2c1cccc(-c2ccccc2)c1)C(C)(C)CC4(C)C. The Morgan fingerprint density at radius 2 is 0.984 bits per heavy atom. The van der Waals surface area contributed by atoms with Gasteiger partial charge in [0, 0.05) is 38.2 Å². The van der Waals surface area contributed by atoms with E-state index < -0.39 is 6.85 Å². The Kier molecular flexibility index (Phi) is 7.70. The Bertz CT molecular complexity index is 3090. The highest BCUT2D eigenvalue weighted by Crippen LogP contribution is 2.54. The number of anilines is 6. The lowest BCUT2D eigenvalue weighted by Gasteiger charge is -2.46. The van der Waals surface area contributed by atoms with Gasteiger partial charge in [-0.2, -0.15) is 0 Å². The summed E-state index contributed by atoms with van der Waals surface area (Å²) in [6.07, 6.45) is 3.29. The monoisotopic (exact) mass is 809 g/mol. The van der Waals surface area contributed by atoms with E-state index >= 15 is 0 Å². The van der Waals surface area contributed by atoms with Crippen LogP contribution in [0.1, 0.15) is 112 Å². The number of hydrogen-bond acceptors (Lipinski definition) is 2. The summed E-state index contributed by atoms with van der Waals surface area (Å²) in [4.78, 5) is 4.85. The van der Waals surface area contributed by atoms with E-state index in [-0.39, 0.29) is 28.4 Å². The maximum Gasteiger partial charge on any atom is 0.252 e. The molecule has 0 saturated carbocycles. The van der Waals surface area contributed by atoms with E-state index in [0.717, 1.165) is 81.1 Å². The summed E-state index contributed by atoms with van der Waals surface area (Å²) in [5.74, 6) is 0. The van der Waals surface area contributed by atoms with Crippen molar-refractivity contribution in [2.24, 2.45) is 0 Å². The van der Waals surface area contributed by atoms with Gasteiger partial charge in [0.05, 0.1) is 0 Å². The van der Waals surface area contributed by atoms with Crippen molar-refractivity contribution in [2.75, 3.05) is 9.80 Å². The molecule has 308 valence electrons. The number of fused-ring (bicyclic) bond motifs is 6. The molecule has 2 aliphatic carbocycles. The van der Waals surface area contributed by atoms with Gasteiger partial charge in [-0.1, -0.05) is 152 Å². The summed E-state index contributed by atoms with van der Waals surface area (Å²) in [6.45, 7) is 19.0. The number of rotatable bonds is 4. The molecule has 0 N–H and O–H groups in total. The molecule has 2 nitrogen and oxygen atoms in total. The van der Waals surface area contributed by atoms with Gasteiger partial charge in [-0.05, 0) is 169 Å². The highest BCUT2D eigenvalue weighted by Gasteiger charge is 2.49. The number of aryl methyl sites for hydroxylation is 2. The minimum Gasteiger partial charge on any atom is -0.311 e. The molecule has 3 heteroatoms. The van der Waals surface area contributed by atoms with Crippen LogP contribution in [0.2, 0.25) is 0 Å². The van der Waals surface area contributed by atoms with E-state index in [0.29, 0.717) is 5.56 Å². The van der Waals surface area contributed by atoms with Gasteiger partial charge >= 0.3 is 0 Å². The summed E-state index contributed by atoms with van der Waals surface area (Å²) >= 11 is 0. The van der Waals surface area contributed by atoms with E-state index in [1.165, 1.54) is 38.7 Å². The maximum absolute atomic E-state index is 9.11. The molecule has 7 aromatic rings. The maximum atomic E-state index is 9.11. The summed E-state index contributed by atoms with van der Waals surface area (Å²) < 4.78 is 27.3. The molecule has 7 aromatic carbocycles. The van der Waals surface area contributed by atoms with Crippen molar-refractivity contribution in [2.45, 2.75) is 110 Å². The van der Waals surface area contributed by atoms with Gasteiger partial charge in [0.2, 0.25) is 0 Å². The second-order valence-corrected chi connectivity index (χ2v) is 21.4. The van der Waals surface area contributed by atoms with Crippen molar-refractivity contribution >= 4 is 57.2 Å². The van der Waals surface area contributed by atoms with Crippen LogP contribution < -0.4 is 26.2 Å². The van der Waals surface area contributed by atoms with Crippen molar-refractivity contribution < 1.29 is 4.11 Å². The molecular weight excluding hydrogens is 747 g/mol. The summed E-state index contributed by atoms with van der Waals surface area (Å²) in [6, 6.07) is 50.9. The molecule has 2 heterocycles. The second kappa shape index (κ2) is 13.4. The van der Waals surface area contributed by atoms with Gasteiger partial charge in [0.25, 0.3) is 6.71 Å². The average Bonchev–Trinajstić information content (AvgIpc) is 3.46. The quantitative estimate of drug-likeness (QED) is 0.163. The molecule has 0 unspecified atom stereocenters. The lowest BCUT2D eigenvalue weighted by Crippen LogP contribution is -2.61. The third-order valence-electron chi connectivity index (χ3n) is 15.3. The highest BCUT2D eigenvalue weighted by molar-refractivity contribution is 7.00. The predicted molar refractivity (Wildman–Crippen MR) is 267 cm³/mol. The fraction of sp³-hybridized carbons (Fsp3) is 0.288. The van der Waals surface area contributed by atoms with Crippen LogP contribution in [-0.2, 0) is 21.7 Å². The zero-order valence-corrected chi connectivity index (χ0v) is 37.9. The fourth-order valence-electron chi connectivity index (χ4n) is 12.2.